The summed E-state index contributed by atoms with van der Waals surface area (Å²) in [7, 11) is 0. The number of hydrogen-bond acceptors (Lipinski definition) is 4. The first-order valence-electron chi connectivity index (χ1n) is 6.24. The van der Waals surface area contributed by atoms with Gasteiger partial charge in [-0.1, -0.05) is 0 Å². The normalized spacial score (nSPS) is 22.1. The molecule has 0 saturated carbocycles. The average molecular weight is 365 g/mol. The number of carbonyl (C=O) groups excluding carboxylic acids is 1. The molecule has 0 aromatic carbocycles. The Bertz CT molecular complexity index is 617. The van der Waals surface area contributed by atoms with Gasteiger partial charge in [-0.3, -0.25) is 9.48 Å². The third kappa shape index (κ3) is 2.71. The number of hydrazone groups is 1. The van der Waals surface area contributed by atoms with Gasteiger partial charge in [0.15, 0.2) is 0 Å². The lowest BCUT2D eigenvalue weighted by Crippen LogP contribution is -2.52. The van der Waals surface area contributed by atoms with Crippen LogP contribution < -0.4 is 0 Å². The molecule has 0 fully saturated rings. The second-order valence-electron chi connectivity index (χ2n) is 5.04. The molecule has 1 aliphatic heterocycles. The Morgan fingerprint density at radius 1 is 1.48 bits per heavy atom. The number of aryl methyl sites for hydroxylation is 1. The number of rotatable bonds is 3. The Hall–Kier alpha value is -1.35. The molecule has 0 spiro atoms. The second kappa shape index (κ2) is 5.45. The molecule has 116 valence electrons. The highest BCUT2D eigenvalue weighted by atomic mass is 79.9. The van der Waals surface area contributed by atoms with Crippen molar-refractivity contribution in [3.8, 4) is 0 Å². The van der Waals surface area contributed by atoms with E-state index < -0.39 is 18.1 Å². The molecule has 1 aliphatic rings. The second-order valence-corrected chi connectivity index (χ2v) is 5.83. The van der Waals surface area contributed by atoms with Gasteiger partial charge in [0.05, 0.1) is 15.9 Å². The van der Waals surface area contributed by atoms with Crippen LogP contribution in [-0.4, -0.2) is 43.7 Å². The van der Waals surface area contributed by atoms with Crippen molar-refractivity contribution in [1.29, 1.82) is 0 Å². The van der Waals surface area contributed by atoms with Gasteiger partial charge in [-0.05, 0) is 36.7 Å². The van der Waals surface area contributed by atoms with Gasteiger partial charge in [0, 0.05) is 12.1 Å². The summed E-state index contributed by atoms with van der Waals surface area (Å²) >= 11 is 3.32. The standard InChI is InChI=1S/C12H15BrF2N4O2/c1-6-4-12(21,11(14)15)19(16-6)9(20)5-18-8(3)10(13)7(2)17-18/h11,21H,4-5H2,1-3H3/t12-/m1/s1. The fraction of sp³-hybridized carbons (Fsp3) is 0.583. The quantitative estimate of drug-likeness (QED) is 0.889. The zero-order chi connectivity index (χ0) is 15.9. The predicted molar refractivity (Wildman–Crippen MR) is 74.9 cm³/mol. The van der Waals surface area contributed by atoms with Crippen molar-refractivity contribution >= 4 is 27.5 Å². The molecule has 0 radical (unpaired) electrons. The summed E-state index contributed by atoms with van der Waals surface area (Å²) in [6, 6.07) is 0. The molecular weight excluding hydrogens is 350 g/mol. The number of aliphatic hydroxyl groups is 1. The lowest BCUT2D eigenvalue weighted by atomic mass is 10.1. The highest BCUT2D eigenvalue weighted by Crippen LogP contribution is 2.31. The van der Waals surface area contributed by atoms with E-state index in [9.17, 15) is 18.7 Å². The molecule has 1 aromatic rings. The molecule has 0 bridgehead atoms. The zero-order valence-corrected chi connectivity index (χ0v) is 13.4. The van der Waals surface area contributed by atoms with Crippen molar-refractivity contribution in [1.82, 2.24) is 14.8 Å². The first kappa shape index (κ1) is 16.0. The van der Waals surface area contributed by atoms with E-state index in [0.29, 0.717) is 16.4 Å². The third-order valence-electron chi connectivity index (χ3n) is 3.32. The molecule has 0 saturated heterocycles. The van der Waals surface area contributed by atoms with Crippen molar-refractivity contribution in [3.63, 3.8) is 0 Å². The summed E-state index contributed by atoms with van der Waals surface area (Å²) in [6.45, 7) is 4.71. The van der Waals surface area contributed by atoms with Gasteiger partial charge in [-0.25, -0.2) is 8.78 Å². The molecule has 0 unspecified atom stereocenters. The maximum Gasteiger partial charge on any atom is 0.287 e. The number of halogens is 3. The summed E-state index contributed by atoms with van der Waals surface area (Å²) in [4.78, 5) is 12.2. The minimum absolute atomic E-state index is 0.274. The number of amides is 1. The summed E-state index contributed by atoms with van der Waals surface area (Å²) in [5, 5.41) is 18.3. The predicted octanol–water partition coefficient (Wildman–Crippen LogP) is 1.82. The molecule has 1 N–H and O–H groups in total. The van der Waals surface area contributed by atoms with Gasteiger partial charge < -0.3 is 5.11 Å². The number of nitrogens with zero attached hydrogens (tertiary/aromatic N) is 4. The molecule has 2 rings (SSSR count). The summed E-state index contributed by atoms with van der Waals surface area (Å²) in [5.41, 5.74) is -0.915. The van der Waals surface area contributed by atoms with E-state index in [2.05, 4.69) is 26.1 Å². The molecule has 21 heavy (non-hydrogen) atoms. The lowest BCUT2D eigenvalue weighted by Gasteiger charge is -2.30. The van der Waals surface area contributed by atoms with Crippen LogP contribution in [0, 0.1) is 13.8 Å². The van der Waals surface area contributed by atoms with Crippen molar-refractivity contribution in [2.24, 2.45) is 5.10 Å². The van der Waals surface area contributed by atoms with Crippen molar-refractivity contribution in [2.45, 2.75) is 45.9 Å². The van der Waals surface area contributed by atoms with E-state index in [4.69, 9.17) is 0 Å². The molecule has 9 heteroatoms. The van der Waals surface area contributed by atoms with Crippen molar-refractivity contribution in [2.75, 3.05) is 0 Å². The SMILES string of the molecule is CC1=NN(C(=O)Cn2nc(C)c(Br)c2C)[C@](O)(C(F)F)C1. The van der Waals surface area contributed by atoms with Crippen LogP contribution in [0.1, 0.15) is 24.7 Å². The lowest BCUT2D eigenvalue weighted by molar-refractivity contribution is -0.192. The fourth-order valence-electron chi connectivity index (χ4n) is 2.21. The molecular formula is C12H15BrF2N4O2. The van der Waals surface area contributed by atoms with Crippen LogP contribution in [-0.2, 0) is 11.3 Å². The van der Waals surface area contributed by atoms with Gasteiger partial charge in [0.25, 0.3) is 12.3 Å². The third-order valence-corrected chi connectivity index (χ3v) is 4.47. The summed E-state index contributed by atoms with van der Waals surface area (Å²) < 4.78 is 28.2. The van der Waals surface area contributed by atoms with E-state index >= 15 is 0 Å². The summed E-state index contributed by atoms with van der Waals surface area (Å²) in [5.74, 6) is -0.743. The Morgan fingerprint density at radius 3 is 2.57 bits per heavy atom. The van der Waals surface area contributed by atoms with Gasteiger partial charge in [-0.15, -0.1) is 0 Å². The molecule has 1 aromatic heterocycles. The van der Waals surface area contributed by atoms with E-state index in [1.807, 2.05) is 0 Å². The maximum atomic E-state index is 13.0. The van der Waals surface area contributed by atoms with Crippen LogP contribution in [0.4, 0.5) is 8.78 Å². The molecule has 2 heterocycles. The van der Waals surface area contributed by atoms with E-state index in [-0.39, 0.29) is 18.7 Å². The van der Waals surface area contributed by atoms with Crippen molar-refractivity contribution in [3.05, 3.63) is 15.9 Å². The topological polar surface area (TPSA) is 70.7 Å². The smallest absolute Gasteiger partial charge is 0.287 e. The number of carbonyl (C=O) groups is 1. The molecule has 6 nitrogen and oxygen atoms in total. The number of hydrogen-bond donors (Lipinski definition) is 1. The highest BCUT2D eigenvalue weighted by molar-refractivity contribution is 9.10. The first-order chi connectivity index (χ1) is 9.66. The zero-order valence-electron chi connectivity index (χ0n) is 11.8. The minimum atomic E-state index is -3.10. The van der Waals surface area contributed by atoms with Gasteiger partial charge in [-0.2, -0.15) is 15.2 Å². The van der Waals surface area contributed by atoms with E-state index in [1.165, 1.54) is 11.6 Å². The van der Waals surface area contributed by atoms with Crippen LogP contribution in [0.3, 0.4) is 0 Å². The molecule has 0 aliphatic carbocycles. The molecule has 1 atom stereocenters. The van der Waals surface area contributed by atoms with Gasteiger partial charge >= 0.3 is 0 Å². The average Bonchev–Trinajstić information content (AvgIpc) is 2.83. The van der Waals surface area contributed by atoms with Crippen LogP contribution >= 0.6 is 15.9 Å². The van der Waals surface area contributed by atoms with Gasteiger partial charge in [0.1, 0.15) is 6.54 Å². The fourth-order valence-corrected chi connectivity index (χ4v) is 2.49. The van der Waals surface area contributed by atoms with Crippen molar-refractivity contribution < 1.29 is 18.7 Å². The Labute approximate surface area is 128 Å². The number of alkyl halides is 2. The first-order valence-corrected chi connectivity index (χ1v) is 7.03. The van der Waals surface area contributed by atoms with Crippen LogP contribution in [0.2, 0.25) is 0 Å². The Morgan fingerprint density at radius 2 is 2.10 bits per heavy atom. The van der Waals surface area contributed by atoms with Crippen LogP contribution in [0.15, 0.2) is 9.57 Å². The van der Waals surface area contributed by atoms with E-state index in [1.54, 1.807) is 13.8 Å². The van der Waals surface area contributed by atoms with E-state index in [0.717, 1.165) is 4.47 Å². The number of aromatic nitrogens is 2. The molecule has 1 amide bonds. The Kier molecular flexibility index (Phi) is 4.16. The van der Waals surface area contributed by atoms with Gasteiger partial charge in [0.2, 0.25) is 5.72 Å². The highest BCUT2D eigenvalue weighted by Gasteiger charge is 2.50. The van der Waals surface area contributed by atoms with Crippen LogP contribution in [0.25, 0.3) is 0 Å². The largest absolute Gasteiger partial charge is 0.364 e. The monoisotopic (exact) mass is 364 g/mol. The minimum Gasteiger partial charge on any atom is -0.364 e. The summed E-state index contributed by atoms with van der Waals surface area (Å²) in [6.07, 6.45) is -3.47. The maximum absolute atomic E-state index is 13.0. The van der Waals surface area contributed by atoms with Crippen LogP contribution in [0.5, 0.6) is 0 Å². The Balaban J connectivity index is 2.25.